The second-order valence-corrected chi connectivity index (χ2v) is 6.63. The van der Waals surface area contributed by atoms with Gasteiger partial charge in [-0.1, -0.05) is 30.1 Å². The van der Waals surface area contributed by atoms with E-state index in [0.717, 1.165) is 43.7 Å². The lowest BCUT2D eigenvalue weighted by Gasteiger charge is -2.26. The summed E-state index contributed by atoms with van der Waals surface area (Å²) in [5.74, 6) is 0.941. The van der Waals surface area contributed by atoms with E-state index in [-0.39, 0.29) is 0 Å². The van der Waals surface area contributed by atoms with Gasteiger partial charge in [0.1, 0.15) is 10.7 Å². The van der Waals surface area contributed by atoms with Crippen LogP contribution in [-0.4, -0.2) is 42.4 Å². The van der Waals surface area contributed by atoms with Crippen LogP contribution in [0.1, 0.15) is 24.6 Å². The van der Waals surface area contributed by atoms with E-state index in [4.69, 9.17) is 32.7 Å². The molecular formula is C17H21Cl2N3O2. The molecule has 3 rings (SSSR count). The first kappa shape index (κ1) is 17.4. The molecule has 2 aromatic rings. The van der Waals surface area contributed by atoms with E-state index in [2.05, 4.69) is 22.0 Å². The molecule has 1 N–H and O–H groups in total. The van der Waals surface area contributed by atoms with Crippen LogP contribution < -0.4 is 9.47 Å². The van der Waals surface area contributed by atoms with Gasteiger partial charge in [0.2, 0.25) is 0 Å². The first-order valence-corrected chi connectivity index (χ1v) is 8.75. The van der Waals surface area contributed by atoms with Gasteiger partial charge >= 0.3 is 0 Å². The van der Waals surface area contributed by atoms with Crippen LogP contribution in [0.4, 0.5) is 0 Å². The zero-order valence-corrected chi connectivity index (χ0v) is 15.6. The third-order valence-corrected chi connectivity index (χ3v) is 4.97. The average Bonchev–Trinajstić information content (AvgIpc) is 2.98. The van der Waals surface area contributed by atoms with Gasteiger partial charge in [-0.05, 0) is 19.0 Å². The van der Waals surface area contributed by atoms with Crippen molar-refractivity contribution in [3.63, 3.8) is 0 Å². The van der Waals surface area contributed by atoms with Gasteiger partial charge in [0.15, 0.2) is 11.5 Å². The largest absolute Gasteiger partial charge is 0.494 e. The van der Waals surface area contributed by atoms with Gasteiger partial charge in [-0.25, -0.2) is 0 Å². The maximum absolute atomic E-state index is 6.42. The molecule has 0 bridgehead atoms. The summed E-state index contributed by atoms with van der Waals surface area (Å²) < 4.78 is 10.8. The quantitative estimate of drug-likeness (QED) is 0.858. The zero-order chi connectivity index (χ0) is 17.3. The monoisotopic (exact) mass is 369 g/mol. The molecule has 0 aliphatic carbocycles. The van der Waals surface area contributed by atoms with Crippen LogP contribution in [0.15, 0.2) is 6.07 Å². The molecule has 7 heteroatoms. The van der Waals surface area contributed by atoms with Crippen molar-refractivity contribution >= 4 is 23.2 Å². The number of hydrogen-bond acceptors (Lipinski definition) is 4. The predicted molar refractivity (Wildman–Crippen MR) is 96.4 cm³/mol. The van der Waals surface area contributed by atoms with Crippen LogP contribution in [0.5, 0.6) is 11.5 Å². The first-order chi connectivity index (χ1) is 11.6. The summed E-state index contributed by atoms with van der Waals surface area (Å²) in [4.78, 5) is 2.43. The molecule has 130 valence electrons. The second kappa shape index (κ2) is 7.21. The molecule has 0 atom stereocenters. The smallest absolute Gasteiger partial charge is 0.159 e. The molecule has 0 unspecified atom stereocenters. The van der Waals surface area contributed by atoms with Gasteiger partial charge < -0.3 is 9.47 Å². The molecule has 0 fully saturated rings. The summed E-state index contributed by atoms with van der Waals surface area (Å²) in [5.41, 5.74) is 3.98. The SMILES string of the molecule is CCCN1CCc2[nH]nc(-c3cc(Cl)c(OC)c(Cl)c3OC)c2C1. The second-order valence-electron chi connectivity index (χ2n) is 5.84. The Morgan fingerprint density at radius 3 is 2.67 bits per heavy atom. The lowest BCUT2D eigenvalue weighted by Crippen LogP contribution is -2.31. The summed E-state index contributed by atoms with van der Waals surface area (Å²) in [6.07, 6.45) is 2.09. The minimum atomic E-state index is 0.362. The highest BCUT2D eigenvalue weighted by atomic mass is 35.5. The van der Waals surface area contributed by atoms with E-state index in [1.54, 1.807) is 13.2 Å². The lowest BCUT2D eigenvalue weighted by atomic mass is 10.00. The van der Waals surface area contributed by atoms with E-state index < -0.39 is 0 Å². The highest BCUT2D eigenvalue weighted by Crippen LogP contribution is 2.47. The fourth-order valence-electron chi connectivity index (χ4n) is 3.23. The fourth-order valence-corrected chi connectivity index (χ4v) is 3.91. The molecule has 24 heavy (non-hydrogen) atoms. The van der Waals surface area contributed by atoms with Crippen LogP contribution in [0.2, 0.25) is 10.0 Å². The van der Waals surface area contributed by atoms with Gasteiger partial charge in [-0.2, -0.15) is 5.10 Å². The number of ether oxygens (including phenoxy) is 2. The molecule has 1 aliphatic heterocycles. The number of aromatic amines is 1. The van der Waals surface area contributed by atoms with E-state index in [0.29, 0.717) is 21.5 Å². The number of aromatic nitrogens is 2. The zero-order valence-electron chi connectivity index (χ0n) is 14.1. The first-order valence-electron chi connectivity index (χ1n) is 7.99. The Kier molecular flexibility index (Phi) is 5.23. The van der Waals surface area contributed by atoms with Gasteiger partial charge in [-0.3, -0.25) is 10.00 Å². The molecule has 0 amide bonds. The van der Waals surface area contributed by atoms with Crippen molar-refractivity contribution in [1.82, 2.24) is 15.1 Å². The van der Waals surface area contributed by atoms with Crippen LogP contribution >= 0.6 is 23.2 Å². The number of fused-ring (bicyclic) bond motifs is 1. The number of halogens is 2. The van der Waals surface area contributed by atoms with Crippen molar-refractivity contribution < 1.29 is 9.47 Å². The van der Waals surface area contributed by atoms with Gasteiger partial charge in [0.25, 0.3) is 0 Å². The standard InChI is InChI=1S/C17H21Cl2N3O2/c1-4-6-22-7-5-13-11(9-22)15(21-20-13)10-8-12(18)17(24-3)14(19)16(10)23-2/h8H,4-7,9H2,1-3H3,(H,20,21). The Morgan fingerprint density at radius 1 is 1.25 bits per heavy atom. The van der Waals surface area contributed by atoms with Crippen molar-refractivity contribution in [2.45, 2.75) is 26.3 Å². The van der Waals surface area contributed by atoms with Gasteiger partial charge in [-0.15, -0.1) is 0 Å². The molecule has 2 heterocycles. The Bertz CT molecular complexity index is 746. The number of methoxy groups -OCH3 is 2. The molecule has 1 aromatic heterocycles. The number of H-pyrrole nitrogens is 1. The fraction of sp³-hybridized carbons (Fsp3) is 0.471. The molecule has 0 saturated heterocycles. The molecule has 1 aromatic carbocycles. The normalized spacial score (nSPS) is 14.5. The third-order valence-electron chi connectivity index (χ3n) is 4.35. The van der Waals surface area contributed by atoms with Crippen molar-refractivity contribution in [2.75, 3.05) is 27.3 Å². The predicted octanol–water partition coefficient (Wildman–Crippen LogP) is 4.17. The molecular weight excluding hydrogens is 349 g/mol. The molecule has 1 aliphatic rings. The Hall–Kier alpha value is -1.43. The van der Waals surface area contributed by atoms with Gasteiger partial charge in [0.05, 0.1) is 19.2 Å². The van der Waals surface area contributed by atoms with Crippen LogP contribution in [-0.2, 0) is 13.0 Å². The number of rotatable bonds is 5. The maximum atomic E-state index is 6.42. The van der Waals surface area contributed by atoms with E-state index >= 15 is 0 Å². The highest BCUT2D eigenvalue weighted by Gasteiger charge is 2.26. The number of hydrogen-bond donors (Lipinski definition) is 1. The Morgan fingerprint density at radius 2 is 2.00 bits per heavy atom. The van der Waals surface area contributed by atoms with Crippen molar-refractivity contribution in [1.29, 1.82) is 0 Å². The number of nitrogens with one attached hydrogen (secondary N) is 1. The van der Waals surface area contributed by atoms with E-state index in [1.165, 1.54) is 18.4 Å². The third kappa shape index (κ3) is 2.96. The minimum Gasteiger partial charge on any atom is -0.494 e. The van der Waals surface area contributed by atoms with Crippen LogP contribution in [0.3, 0.4) is 0 Å². The Labute approximate surface area is 151 Å². The summed E-state index contributed by atoms with van der Waals surface area (Å²) in [7, 11) is 3.12. The summed E-state index contributed by atoms with van der Waals surface area (Å²) >= 11 is 12.7. The number of nitrogens with zero attached hydrogens (tertiary/aromatic N) is 2. The minimum absolute atomic E-state index is 0.362. The lowest BCUT2D eigenvalue weighted by molar-refractivity contribution is 0.254. The highest BCUT2D eigenvalue weighted by molar-refractivity contribution is 6.38. The molecule has 0 radical (unpaired) electrons. The average molecular weight is 370 g/mol. The summed E-state index contributed by atoms with van der Waals surface area (Å²) in [5, 5.41) is 8.48. The number of benzene rings is 1. The van der Waals surface area contributed by atoms with Gasteiger partial charge in [0, 0.05) is 36.3 Å². The summed E-state index contributed by atoms with van der Waals surface area (Å²) in [6, 6.07) is 1.81. The molecule has 5 nitrogen and oxygen atoms in total. The van der Waals surface area contributed by atoms with E-state index in [9.17, 15) is 0 Å². The van der Waals surface area contributed by atoms with Crippen molar-refractivity contribution in [2.24, 2.45) is 0 Å². The maximum Gasteiger partial charge on any atom is 0.159 e. The Balaban J connectivity index is 2.10. The molecule has 0 saturated carbocycles. The summed E-state index contributed by atoms with van der Waals surface area (Å²) in [6.45, 7) is 5.17. The van der Waals surface area contributed by atoms with Crippen molar-refractivity contribution in [3.8, 4) is 22.8 Å². The van der Waals surface area contributed by atoms with Crippen molar-refractivity contribution in [3.05, 3.63) is 27.4 Å². The van der Waals surface area contributed by atoms with Crippen LogP contribution in [0.25, 0.3) is 11.3 Å². The van der Waals surface area contributed by atoms with Crippen LogP contribution in [0, 0.1) is 0 Å². The van der Waals surface area contributed by atoms with E-state index in [1.807, 2.05) is 0 Å². The molecule has 0 spiro atoms. The topological polar surface area (TPSA) is 50.4 Å².